The minimum atomic E-state index is -0.0224. The predicted molar refractivity (Wildman–Crippen MR) is 113 cm³/mol. The Morgan fingerprint density at radius 3 is 2.24 bits per heavy atom. The lowest BCUT2D eigenvalue weighted by Crippen LogP contribution is -2.49. The molecule has 1 fully saturated rings. The summed E-state index contributed by atoms with van der Waals surface area (Å²) in [5.74, 6) is 2.31. The van der Waals surface area contributed by atoms with Gasteiger partial charge in [-0.1, -0.05) is 12.1 Å². The van der Waals surface area contributed by atoms with Gasteiger partial charge in [-0.3, -0.25) is 14.6 Å². The second-order valence-electron chi connectivity index (χ2n) is 6.89. The summed E-state index contributed by atoms with van der Waals surface area (Å²) in [7, 11) is 3.25. The molecule has 7 heteroatoms. The van der Waals surface area contributed by atoms with Gasteiger partial charge in [-0.2, -0.15) is 0 Å². The Kier molecular flexibility index (Phi) is 7.72. The van der Waals surface area contributed by atoms with Crippen molar-refractivity contribution >= 4 is 11.6 Å². The van der Waals surface area contributed by atoms with E-state index >= 15 is 0 Å². The van der Waals surface area contributed by atoms with Gasteiger partial charge in [-0.25, -0.2) is 0 Å². The molecule has 2 aromatic carbocycles. The van der Waals surface area contributed by atoms with Gasteiger partial charge < -0.3 is 19.5 Å². The molecule has 0 atom stereocenters. The van der Waals surface area contributed by atoms with E-state index in [0.717, 1.165) is 44.2 Å². The predicted octanol–water partition coefficient (Wildman–Crippen LogP) is 2.34. The second-order valence-corrected chi connectivity index (χ2v) is 6.89. The van der Waals surface area contributed by atoms with Crippen LogP contribution in [0.2, 0.25) is 0 Å². The maximum absolute atomic E-state index is 12.4. The van der Waals surface area contributed by atoms with Crippen molar-refractivity contribution in [1.29, 1.82) is 0 Å². The van der Waals surface area contributed by atoms with Gasteiger partial charge in [0.2, 0.25) is 5.91 Å². The summed E-state index contributed by atoms with van der Waals surface area (Å²) in [6, 6.07) is 15.1. The van der Waals surface area contributed by atoms with E-state index in [1.54, 1.807) is 14.2 Å². The van der Waals surface area contributed by atoms with Gasteiger partial charge in [0, 0.05) is 32.7 Å². The van der Waals surface area contributed by atoms with Crippen molar-refractivity contribution in [2.45, 2.75) is 0 Å². The van der Waals surface area contributed by atoms with Gasteiger partial charge in [0.05, 0.1) is 26.5 Å². The molecule has 2 aromatic rings. The number of ether oxygens (including phenoxy) is 3. The first-order valence-corrected chi connectivity index (χ1v) is 9.82. The van der Waals surface area contributed by atoms with Crippen molar-refractivity contribution < 1.29 is 19.0 Å². The van der Waals surface area contributed by atoms with Crippen molar-refractivity contribution in [3.05, 3.63) is 48.5 Å². The van der Waals surface area contributed by atoms with E-state index in [2.05, 4.69) is 15.1 Å². The smallest absolute Gasteiger partial charge is 0.238 e. The molecule has 1 aliphatic heterocycles. The highest BCUT2D eigenvalue weighted by atomic mass is 16.5. The van der Waals surface area contributed by atoms with Gasteiger partial charge in [-0.15, -0.1) is 0 Å². The molecule has 0 aliphatic carbocycles. The zero-order valence-electron chi connectivity index (χ0n) is 17.1. The largest absolute Gasteiger partial charge is 0.497 e. The van der Waals surface area contributed by atoms with Crippen LogP contribution in [0.5, 0.6) is 17.2 Å². The maximum atomic E-state index is 12.4. The minimum Gasteiger partial charge on any atom is -0.497 e. The number of hydrogen-bond donors (Lipinski definition) is 1. The van der Waals surface area contributed by atoms with Crippen LogP contribution in [-0.2, 0) is 4.79 Å². The minimum absolute atomic E-state index is 0.0224. The van der Waals surface area contributed by atoms with Crippen LogP contribution >= 0.6 is 0 Å². The molecule has 0 saturated carbocycles. The van der Waals surface area contributed by atoms with Gasteiger partial charge in [0.1, 0.15) is 23.9 Å². The third kappa shape index (κ3) is 6.37. The molecule has 156 valence electrons. The summed E-state index contributed by atoms with van der Waals surface area (Å²) in [6.45, 7) is 5.47. The fourth-order valence-electron chi connectivity index (χ4n) is 3.28. The third-order valence-corrected chi connectivity index (χ3v) is 4.95. The highest BCUT2D eigenvalue weighted by molar-refractivity contribution is 5.93. The topological polar surface area (TPSA) is 63.3 Å². The zero-order valence-corrected chi connectivity index (χ0v) is 17.1. The van der Waals surface area contributed by atoms with Crippen LogP contribution in [0.4, 0.5) is 5.69 Å². The van der Waals surface area contributed by atoms with Crippen LogP contribution < -0.4 is 19.5 Å². The highest BCUT2D eigenvalue weighted by Crippen LogP contribution is 2.23. The van der Waals surface area contributed by atoms with Gasteiger partial charge in [-0.05, 0) is 36.4 Å². The first-order chi connectivity index (χ1) is 14.2. The van der Waals surface area contributed by atoms with Crippen molar-refractivity contribution in [2.75, 3.05) is 65.4 Å². The number of benzene rings is 2. The fraction of sp³-hybridized carbons (Fsp3) is 0.409. The Balaban J connectivity index is 1.35. The second kappa shape index (κ2) is 10.7. The summed E-state index contributed by atoms with van der Waals surface area (Å²) in [5, 5.41) is 2.93. The molecule has 1 aliphatic rings. The third-order valence-electron chi connectivity index (χ3n) is 4.95. The lowest BCUT2D eigenvalue weighted by atomic mass is 10.2. The first kappa shape index (κ1) is 21.0. The summed E-state index contributed by atoms with van der Waals surface area (Å²) in [4.78, 5) is 16.9. The van der Waals surface area contributed by atoms with Crippen molar-refractivity contribution in [3.8, 4) is 17.2 Å². The van der Waals surface area contributed by atoms with Crippen LogP contribution in [0.15, 0.2) is 48.5 Å². The van der Waals surface area contributed by atoms with Crippen LogP contribution in [0.25, 0.3) is 0 Å². The molecule has 1 amide bonds. The molecule has 0 unspecified atom stereocenters. The standard InChI is InChI=1S/C22H29N3O4/c1-27-18-7-9-19(10-8-18)29-16-15-24-11-13-25(14-12-24)17-22(26)23-20-5-3-4-6-21(20)28-2/h3-10H,11-17H2,1-2H3,(H,23,26). The Morgan fingerprint density at radius 1 is 0.897 bits per heavy atom. The van der Waals surface area contributed by atoms with E-state index in [1.807, 2.05) is 48.5 Å². The van der Waals surface area contributed by atoms with Crippen LogP contribution in [0.3, 0.4) is 0 Å². The lowest BCUT2D eigenvalue weighted by molar-refractivity contribution is -0.117. The van der Waals surface area contributed by atoms with E-state index < -0.39 is 0 Å². The Labute approximate surface area is 172 Å². The molecule has 3 rings (SSSR count). The molecule has 0 bridgehead atoms. The van der Waals surface area contributed by atoms with E-state index in [0.29, 0.717) is 24.6 Å². The van der Waals surface area contributed by atoms with Gasteiger partial charge in [0.15, 0.2) is 0 Å². The first-order valence-electron chi connectivity index (χ1n) is 9.82. The number of methoxy groups -OCH3 is 2. The van der Waals surface area contributed by atoms with Crippen molar-refractivity contribution in [1.82, 2.24) is 9.80 Å². The SMILES string of the molecule is COc1ccc(OCCN2CCN(CC(=O)Nc3ccccc3OC)CC2)cc1. The number of anilines is 1. The van der Waals surface area contributed by atoms with Crippen molar-refractivity contribution in [2.24, 2.45) is 0 Å². The van der Waals surface area contributed by atoms with E-state index in [-0.39, 0.29) is 5.91 Å². The summed E-state index contributed by atoms with van der Waals surface area (Å²) in [6.07, 6.45) is 0. The lowest BCUT2D eigenvalue weighted by Gasteiger charge is -2.34. The number of nitrogens with zero attached hydrogens (tertiary/aromatic N) is 2. The summed E-state index contributed by atoms with van der Waals surface area (Å²) in [5.41, 5.74) is 0.703. The van der Waals surface area contributed by atoms with Crippen LogP contribution in [0.1, 0.15) is 0 Å². The molecule has 1 heterocycles. The Hall–Kier alpha value is -2.77. The number of rotatable bonds is 9. The molecule has 0 aromatic heterocycles. The average Bonchev–Trinajstić information content (AvgIpc) is 2.76. The molecule has 0 spiro atoms. The quantitative estimate of drug-likeness (QED) is 0.698. The molecule has 1 saturated heterocycles. The highest BCUT2D eigenvalue weighted by Gasteiger charge is 2.19. The Morgan fingerprint density at radius 2 is 1.55 bits per heavy atom. The maximum Gasteiger partial charge on any atom is 0.238 e. The molecule has 0 radical (unpaired) electrons. The van der Waals surface area contributed by atoms with E-state index in [4.69, 9.17) is 14.2 Å². The number of nitrogens with one attached hydrogen (secondary N) is 1. The van der Waals surface area contributed by atoms with Crippen LogP contribution in [0, 0.1) is 0 Å². The Bertz CT molecular complexity index is 774. The summed E-state index contributed by atoms with van der Waals surface area (Å²) < 4.78 is 16.2. The van der Waals surface area contributed by atoms with Crippen molar-refractivity contribution in [3.63, 3.8) is 0 Å². The zero-order chi connectivity index (χ0) is 20.5. The van der Waals surface area contributed by atoms with Crippen LogP contribution in [-0.4, -0.2) is 75.8 Å². The number of carbonyl (C=O) groups excluding carboxylic acids is 1. The van der Waals surface area contributed by atoms with E-state index in [1.165, 1.54) is 0 Å². The molecular formula is C22H29N3O4. The average molecular weight is 399 g/mol. The number of hydrogen-bond acceptors (Lipinski definition) is 6. The fourth-order valence-corrected chi connectivity index (χ4v) is 3.28. The molecule has 29 heavy (non-hydrogen) atoms. The number of amides is 1. The van der Waals surface area contributed by atoms with Gasteiger partial charge >= 0.3 is 0 Å². The van der Waals surface area contributed by atoms with Gasteiger partial charge in [0.25, 0.3) is 0 Å². The molecule has 1 N–H and O–H groups in total. The normalized spacial score (nSPS) is 15.0. The summed E-state index contributed by atoms with van der Waals surface area (Å²) >= 11 is 0. The molecular weight excluding hydrogens is 370 g/mol. The number of carbonyl (C=O) groups is 1. The van der Waals surface area contributed by atoms with E-state index in [9.17, 15) is 4.79 Å². The number of piperazine rings is 1. The monoisotopic (exact) mass is 399 g/mol. The molecule has 7 nitrogen and oxygen atoms in total. The number of para-hydroxylation sites is 2.